The third-order valence-electron chi connectivity index (χ3n) is 4.89. The summed E-state index contributed by atoms with van der Waals surface area (Å²) in [5, 5.41) is 4.00. The molecule has 0 radical (unpaired) electrons. The molecule has 2 aliphatic rings. The van der Waals surface area contributed by atoms with Gasteiger partial charge in [0.1, 0.15) is 6.04 Å². The van der Waals surface area contributed by atoms with Crippen LogP contribution in [0.2, 0.25) is 5.02 Å². The topological polar surface area (TPSA) is 32.3 Å². The number of likely N-dealkylation sites (tertiary alicyclic amines) is 1. The largest absolute Gasteiger partial charge is 0.352 e. The molecule has 22 heavy (non-hydrogen) atoms. The van der Waals surface area contributed by atoms with Gasteiger partial charge in [-0.25, -0.2) is 0 Å². The van der Waals surface area contributed by atoms with E-state index in [1.54, 1.807) is 0 Å². The molecular formula is C18H25ClN2O. The first-order valence-electron chi connectivity index (χ1n) is 8.54. The summed E-state index contributed by atoms with van der Waals surface area (Å²) in [5.74, 6) is 0.163. The maximum Gasteiger partial charge on any atom is 0.242 e. The molecule has 1 saturated carbocycles. The quantitative estimate of drug-likeness (QED) is 0.911. The van der Waals surface area contributed by atoms with Crippen molar-refractivity contribution in [1.29, 1.82) is 0 Å². The van der Waals surface area contributed by atoms with Crippen molar-refractivity contribution in [2.45, 2.75) is 57.0 Å². The first-order chi connectivity index (χ1) is 10.7. The highest BCUT2D eigenvalue weighted by Gasteiger charge is 2.30. The fourth-order valence-corrected chi connectivity index (χ4v) is 3.83. The molecule has 1 atom stereocenters. The predicted octanol–water partition coefficient (Wildman–Crippen LogP) is 3.93. The van der Waals surface area contributed by atoms with E-state index in [4.69, 9.17) is 11.6 Å². The number of nitrogens with one attached hydrogen (secondary N) is 1. The van der Waals surface area contributed by atoms with Crippen LogP contribution < -0.4 is 5.32 Å². The van der Waals surface area contributed by atoms with Gasteiger partial charge in [-0.2, -0.15) is 0 Å². The summed E-state index contributed by atoms with van der Waals surface area (Å²) in [4.78, 5) is 15.2. The number of hydrogen-bond donors (Lipinski definition) is 1. The van der Waals surface area contributed by atoms with Gasteiger partial charge in [0.25, 0.3) is 0 Å². The summed E-state index contributed by atoms with van der Waals surface area (Å²) in [5.41, 5.74) is 1.06. The fraction of sp³-hybridized carbons (Fsp3) is 0.611. The van der Waals surface area contributed by atoms with Crippen LogP contribution in [0.1, 0.15) is 56.6 Å². The second-order valence-electron chi connectivity index (χ2n) is 6.54. The highest BCUT2D eigenvalue weighted by molar-refractivity contribution is 6.30. The van der Waals surface area contributed by atoms with Crippen LogP contribution in [0.3, 0.4) is 0 Å². The number of rotatable bonds is 4. The lowest BCUT2D eigenvalue weighted by Crippen LogP contribution is -2.45. The minimum atomic E-state index is -0.168. The van der Waals surface area contributed by atoms with Crippen molar-refractivity contribution in [2.24, 2.45) is 0 Å². The minimum Gasteiger partial charge on any atom is -0.352 e. The van der Waals surface area contributed by atoms with Gasteiger partial charge < -0.3 is 5.32 Å². The van der Waals surface area contributed by atoms with Gasteiger partial charge in [0, 0.05) is 11.1 Å². The standard InChI is InChI=1S/C18H25ClN2O/c19-15-10-8-14(9-11-15)17(21-12-4-1-5-13-21)18(22)20-16-6-2-3-7-16/h8-11,16-17H,1-7,12-13H2,(H,20,22). The van der Waals surface area contributed by atoms with Crippen molar-refractivity contribution in [3.63, 3.8) is 0 Å². The van der Waals surface area contributed by atoms with Crippen LogP contribution in [0, 0.1) is 0 Å². The Morgan fingerprint density at radius 2 is 1.68 bits per heavy atom. The first-order valence-corrected chi connectivity index (χ1v) is 8.92. The van der Waals surface area contributed by atoms with E-state index in [1.165, 1.54) is 32.1 Å². The van der Waals surface area contributed by atoms with Gasteiger partial charge in [-0.1, -0.05) is 43.0 Å². The Kier molecular flexibility index (Phi) is 5.37. The maximum atomic E-state index is 12.9. The van der Waals surface area contributed by atoms with Crippen LogP contribution in [-0.2, 0) is 4.79 Å². The third kappa shape index (κ3) is 3.82. The normalized spacial score (nSPS) is 21.7. The molecular weight excluding hydrogens is 296 g/mol. The van der Waals surface area contributed by atoms with Crippen LogP contribution in [0.15, 0.2) is 24.3 Å². The maximum absolute atomic E-state index is 12.9. The Hall–Kier alpha value is -1.06. The molecule has 1 amide bonds. The number of piperidine rings is 1. The second-order valence-corrected chi connectivity index (χ2v) is 6.98. The molecule has 1 aliphatic carbocycles. The molecule has 1 heterocycles. The Balaban J connectivity index is 1.77. The second kappa shape index (κ2) is 7.47. The van der Waals surface area contributed by atoms with Crippen molar-refractivity contribution >= 4 is 17.5 Å². The van der Waals surface area contributed by atoms with Crippen molar-refractivity contribution in [3.05, 3.63) is 34.9 Å². The molecule has 120 valence electrons. The average molecular weight is 321 g/mol. The summed E-state index contributed by atoms with van der Waals surface area (Å²) < 4.78 is 0. The van der Waals surface area contributed by atoms with Gasteiger partial charge in [-0.05, 0) is 56.5 Å². The Bertz CT molecular complexity index is 490. The SMILES string of the molecule is O=C(NC1CCCC1)C(c1ccc(Cl)cc1)N1CCCCC1. The van der Waals surface area contributed by atoms with E-state index in [9.17, 15) is 4.79 Å². The molecule has 2 fully saturated rings. The van der Waals surface area contributed by atoms with Gasteiger partial charge in [0.05, 0.1) is 0 Å². The molecule has 3 nitrogen and oxygen atoms in total. The van der Waals surface area contributed by atoms with Gasteiger partial charge >= 0.3 is 0 Å². The van der Waals surface area contributed by atoms with Gasteiger partial charge in [0.2, 0.25) is 5.91 Å². The zero-order valence-corrected chi connectivity index (χ0v) is 13.8. The van der Waals surface area contributed by atoms with Gasteiger partial charge in [-0.15, -0.1) is 0 Å². The van der Waals surface area contributed by atoms with Crippen LogP contribution in [0.25, 0.3) is 0 Å². The van der Waals surface area contributed by atoms with Crippen molar-refractivity contribution < 1.29 is 4.79 Å². The lowest BCUT2D eigenvalue weighted by molar-refractivity contribution is -0.127. The monoisotopic (exact) mass is 320 g/mol. The number of benzene rings is 1. The number of nitrogens with zero attached hydrogens (tertiary/aromatic N) is 1. The van der Waals surface area contributed by atoms with E-state index >= 15 is 0 Å². The molecule has 4 heteroatoms. The average Bonchev–Trinajstić information content (AvgIpc) is 3.03. The van der Waals surface area contributed by atoms with Crippen LogP contribution >= 0.6 is 11.6 Å². The van der Waals surface area contributed by atoms with Crippen molar-refractivity contribution in [3.8, 4) is 0 Å². The molecule has 1 N–H and O–H groups in total. The number of halogens is 1. The van der Waals surface area contributed by atoms with Crippen LogP contribution in [0.4, 0.5) is 0 Å². The van der Waals surface area contributed by atoms with Crippen LogP contribution in [-0.4, -0.2) is 29.9 Å². The molecule has 0 aromatic heterocycles. The highest BCUT2D eigenvalue weighted by atomic mass is 35.5. The molecule has 3 rings (SSSR count). The summed E-state index contributed by atoms with van der Waals surface area (Å²) in [6.07, 6.45) is 8.36. The molecule has 0 spiro atoms. The number of hydrogen-bond acceptors (Lipinski definition) is 2. The summed E-state index contributed by atoms with van der Waals surface area (Å²) in [6, 6.07) is 7.96. The minimum absolute atomic E-state index is 0.163. The van der Waals surface area contributed by atoms with E-state index in [0.29, 0.717) is 6.04 Å². The summed E-state index contributed by atoms with van der Waals surface area (Å²) in [7, 11) is 0. The lowest BCUT2D eigenvalue weighted by atomic mass is 10.0. The summed E-state index contributed by atoms with van der Waals surface area (Å²) >= 11 is 6.01. The summed E-state index contributed by atoms with van der Waals surface area (Å²) in [6.45, 7) is 2.01. The predicted molar refractivity (Wildman–Crippen MR) is 90.0 cm³/mol. The molecule has 1 saturated heterocycles. The number of carbonyl (C=O) groups is 1. The van der Waals surface area contributed by atoms with E-state index in [1.807, 2.05) is 24.3 Å². The fourth-order valence-electron chi connectivity index (χ4n) is 3.70. The zero-order chi connectivity index (χ0) is 15.4. The van der Waals surface area contributed by atoms with E-state index in [2.05, 4.69) is 10.2 Å². The van der Waals surface area contributed by atoms with Crippen LogP contribution in [0.5, 0.6) is 0 Å². The van der Waals surface area contributed by atoms with Gasteiger partial charge in [0.15, 0.2) is 0 Å². The molecule has 1 unspecified atom stereocenters. The third-order valence-corrected chi connectivity index (χ3v) is 5.14. The first kappa shape index (κ1) is 15.8. The lowest BCUT2D eigenvalue weighted by Gasteiger charge is -2.34. The molecule has 1 aromatic carbocycles. The zero-order valence-electron chi connectivity index (χ0n) is 13.1. The molecule has 0 bridgehead atoms. The van der Waals surface area contributed by atoms with Crippen molar-refractivity contribution in [2.75, 3.05) is 13.1 Å². The molecule has 1 aromatic rings. The van der Waals surface area contributed by atoms with E-state index in [-0.39, 0.29) is 11.9 Å². The number of amides is 1. The van der Waals surface area contributed by atoms with Gasteiger partial charge in [-0.3, -0.25) is 9.69 Å². The smallest absolute Gasteiger partial charge is 0.242 e. The van der Waals surface area contributed by atoms with E-state index in [0.717, 1.165) is 36.5 Å². The highest BCUT2D eigenvalue weighted by Crippen LogP contribution is 2.27. The number of carbonyl (C=O) groups excluding carboxylic acids is 1. The van der Waals surface area contributed by atoms with E-state index < -0.39 is 0 Å². The Labute approximate surface area is 138 Å². The Morgan fingerprint density at radius 3 is 2.32 bits per heavy atom. The Morgan fingerprint density at radius 1 is 1.05 bits per heavy atom. The molecule has 1 aliphatic heterocycles. The van der Waals surface area contributed by atoms with Crippen molar-refractivity contribution in [1.82, 2.24) is 10.2 Å².